The first-order chi connectivity index (χ1) is 15.7. The third kappa shape index (κ3) is 5.15. The Bertz CT molecular complexity index is 1240. The summed E-state index contributed by atoms with van der Waals surface area (Å²) in [6, 6.07) is 14.0. The molecular formula is C24H28N4O4S. The third-order valence-electron chi connectivity index (χ3n) is 5.64. The van der Waals surface area contributed by atoms with E-state index >= 15 is 0 Å². The van der Waals surface area contributed by atoms with E-state index < -0.39 is 10.0 Å². The van der Waals surface area contributed by atoms with Crippen LogP contribution in [0.3, 0.4) is 0 Å². The lowest BCUT2D eigenvalue weighted by Crippen LogP contribution is -2.39. The molecule has 33 heavy (non-hydrogen) atoms. The summed E-state index contributed by atoms with van der Waals surface area (Å²) in [4.78, 5) is 17.1. The maximum absolute atomic E-state index is 13.1. The molecule has 4 rings (SSSR count). The maximum atomic E-state index is 13.1. The van der Waals surface area contributed by atoms with Crippen LogP contribution in [-0.2, 0) is 10.0 Å². The number of aromatic nitrogens is 2. The number of benzene rings is 2. The van der Waals surface area contributed by atoms with Crippen molar-refractivity contribution in [2.24, 2.45) is 0 Å². The predicted octanol–water partition coefficient (Wildman–Crippen LogP) is 3.75. The highest BCUT2D eigenvalue weighted by atomic mass is 32.2. The number of nitrogens with zero attached hydrogens (tertiary/aromatic N) is 3. The molecule has 1 fully saturated rings. The Morgan fingerprint density at radius 3 is 2.67 bits per heavy atom. The molecule has 1 amide bonds. The molecule has 3 aromatic rings. The number of nitrogens with one attached hydrogen (secondary N) is 1. The molecule has 174 valence electrons. The van der Waals surface area contributed by atoms with Gasteiger partial charge >= 0.3 is 0 Å². The molecule has 8 nitrogen and oxygen atoms in total. The molecule has 1 aliphatic heterocycles. The molecule has 1 aliphatic rings. The number of rotatable bonds is 6. The summed E-state index contributed by atoms with van der Waals surface area (Å²) in [6.45, 7) is 6.47. The summed E-state index contributed by atoms with van der Waals surface area (Å²) in [5, 5.41) is 6.96. The average molecular weight is 469 g/mol. The number of aryl methyl sites for hydroxylation is 1. The highest BCUT2D eigenvalue weighted by molar-refractivity contribution is 7.89. The van der Waals surface area contributed by atoms with Crippen molar-refractivity contribution in [1.82, 2.24) is 19.8 Å². The highest BCUT2D eigenvalue weighted by Crippen LogP contribution is 2.31. The van der Waals surface area contributed by atoms with Crippen molar-refractivity contribution < 1.29 is 17.7 Å². The minimum atomic E-state index is -3.59. The number of hydrogen-bond donors (Lipinski definition) is 1. The van der Waals surface area contributed by atoms with E-state index in [9.17, 15) is 13.2 Å². The Balaban J connectivity index is 1.52. The van der Waals surface area contributed by atoms with E-state index in [1.165, 1.54) is 4.31 Å². The maximum Gasteiger partial charge on any atom is 0.251 e. The van der Waals surface area contributed by atoms with Crippen LogP contribution >= 0.6 is 0 Å². The first kappa shape index (κ1) is 23.1. The van der Waals surface area contributed by atoms with Crippen LogP contribution in [0, 0.1) is 6.92 Å². The van der Waals surface area contributed by atoms with Crippen LogP contribution in [0.25, 0.3) is 11.4 Å². The molecule has 1 aromatic heterocycles. The Kier molecular flexibility index (Phi) is 6.62. The summed E-state index contributed by atoms with van der Waals surface area (Å²) < 4.78 is 33.2. The van der Waals surface area contributed by atoms with Gasteiger partial charge in [-0.1, -0.05) is 35.0 Å². The minimum absolute atomic E-state index is 0.0309. The van der Waals surface area contributed by atoms with Gasteiger partial charge in [0.2, 0.25) is 21.7 Å². The van der Waals surface area contributed by atoms with Crippen LogP contribution in [0.15, 0.2) is 57.9 Å². The molecule has 0 radical (unpaired) electrons. The van der Waals surface area contributed by atoms with Gasteiger partial charge in [-0.3, -0.25) is 4.79 Å². The predicted molar refractivity (Wildman–Crippen MR) is 124 cm³/mol. The number of hydrogen-bond acceptors (Lipinski definition) is 6. The highest BCUT2D eigenvalue weighted by Gasteiger charge is 2.33. The van der Waals surface area contributed by atoms with Crippen molar-refractivity contribution in [2.75, 3.05) is 13.1 Å². The van der Waals surface area contributed by atoms with Crippen molar-refractivity contribution in [2.45, 2.75) is 50.5 Å². The van der Waals surface area contributed by atoms with Gasteiger partial charge in [-0.25, -0.2) is 8.42 Å². The van der Waals surface area contributed by atoms with E-state index in [2.05, 4.69) is 15.5 Å². The summed E-state index contributed by atoms with van der Waals surface area (Å²) in [5.41, 5.74) is 2.19. The lowest BCUT2D eigenvalue weighted by molar-refractivity contribution is 0.0943. The van der Waals surface area contributed by atoms with Gasteiger partial charge in [0, 0.05) is 30.3 Å². The summed E-state index contributed by atoms with van der Waals surface area (Å²) in [6.07, 6.45) is 1.47. The smallest absolute Gasteiger partial charge is 0.251 e. The van der Waals surface area contributed by atoms with E-state index in [-0.39, 0.29) is 29.3 Å². The van der Waals surface area contributed by atoms with Gasteiger partial charge in [0.1, 0.15) is 0 Å². The fourth-order valence-electron chi connectivity index (χ4n) is 3.88. The van der Waals surface area contributed by atoms with Crippen LogP contribution in [0.4, 0.5) is 0 Å². The molecule has 9 heteroatoms. The molecule has 1 saturated heterocycles. The van der Waals surface area contributed by atoms with Crippen LogP contribution in [0.1, 0.15) is 54.4 Å². The molecule has 0 spiro atoms. The number of carbonyl (C=O) groups excluding carboxylic acids is 1. The van der Waals surface area contributed by atoms with E-state index in [1.54, 1.807) is 42.5 Å². The minimum Gasteiger partial charge on any atom is -0.350 e. The van der Waals surface area contributed by atoms with Gasteiger partial charge in [0.25, 0.3) is 5.91 Å². The van der Waals surface area contributed by atoms with Crippen molar-refractivity contribution in [3.63, 3.8) is 0 Å². The molecule has 2 heterocycles. The lowest BCUT2D eigenvalue weighted by Gasteiger charge is -2.30. The Labute approximate surface area is 194 Å². The molecule has 1 atom stereocenters. The van der Waals surface area contributed by atoms with Crippen molar-refractivity contribution in [1.29, 1.82) is 0 Å². The normalized spacial score (nSPS) is 17.3. The third-order valence-corrected chi connectivity index (χ3v) is 7.52. The fourth-order valence-corrected chi connectivity index (χ4v) is 5.41. The molecule has 0 bridgehead atoms. The van der Waals surface area contributed by atoms with E-state index in [0.717, 1.165) is 12.0 Å². The van der Waals surface area contributed by atoms with Gasteiger partial charge in [-0.05, 0) is 57.9 Å². The SMILES string of the molecule is Cc1ccc(S(=O)(=O)N2CCC[C@@H](c3nc(-c4cccc(C(=O)NC(C)C)c4)no3)C2)cc1. The van der Waals surface area contributed by atoms with Gasteiger partial charge in [0.05, 0.1) is 10.8 Å². The van der Waals surface area contributed by atoms with Crippen LogP contribution < -0.4 is 5.32 Å². The van der Waals surface area contributed by atoms with E-state index in [0.29, 0.717) is 35.8 Å². The molecular weight excluding hydrogens is 440 g/mol. The summed E-state index contributed by atoms with van der Waals surface area (Å²) in [7, 11) is -3.59. The van der Waals surface area contributed by atoms with Gasteiger partial charge < -0.3 is 9.84 Å². The van der Waals surface area contributed by atoms with Crippen LogP contribution in [0.2, 0.25) is 0 Å². The zero-order valence-electron chi connectivity index (χ0n) is 19.0. The second-order valence-corrected chi connectivity index (χ2v) is 10.6. The molecule has 0 aliphatic carbocycles. The largest absolute Gasteiger partial charge is 0.350 e. The van der Waals surface area contributed by atoms with Crippen LogP contribution in [0.5, 0.6) is 0 Å². The Morgan fingerprint density at radius 2 is 1.94 bits per heavy atom. The Morgan fingerprint density at radius 1 is 1.18 bits per heavy atom. The zero-order chi connectivity index (χ0) is 23.6. The first-order valence-corrected chi connectivity index (χ1v) is 12.5. The fraction of sp³-hybridized carbons (Fsp3) is 0.375. The standard InChI is InChI=1S/C24H28N4O4S/c1-16(2)25-23(29)19-7-4-6-18(14-19)22-26-24(32-27-22)20-8-5-13-28(15-20)33(30,31)21-11-9-17(3)10-12-21/h4,6-7,9-12,14,16,20H,5,8,13,15H2,1-3H3,(H,25,29)/t20-/m1/s1. The van der Waals surface area contributed by atoms with E-state index in [4.69, 9.17) is 4.52 Å². The second-order valence-electron chi connectivity index (χ2n) is 8.68. The van der Waals surface area contributed by atoms with Gasteiger partial charge in [0.15, 0.2) is 0 Å². The molecule has 0 saturated carbocycles. The lowest BCUT2D eigenvalue weighted by atomic mass is 10.00. The number of carbonyl (C=O) groups is 1. The number of piperidine rings is 1. The Hall–Kier alpha value is -3.04. The quantitative estimate of drug-likeness (QED) is 0.591. The second kappa shape index (κ2) is 9.44. The number of amides is 1. The molecule has 2 aromatic carbocycles. The van der Waals surface area contributed by atoms with Crippen LogP contribution in [-0.4, -0.2) is 47.9 Å². The van der Waals surface area contributed by atoms with Gasteiger partial charge in [-0.2, -0.15) is 9.29 Å². The molecule has 1 N–H and O–H groups in total. The van der Waals surface area contributed by atoms with Crippen molar-refractivity contribution in [3.05, 3.63) is 65.5 Å². The van der Waals surface area contributed by atoms with E-state index in [1.807, 2.05) is 26.8 Å². The average Bonchev–Trinajstić information content (AvgIpc) is 3.30. The van der Waals surface area contributed by atoms with Crippen molar-refractivity contribution in [3.8, 4) is 11.4 Å². The summed E-state index contributed by atoms with van der Waals surface area (Å²) in [5.74, 6) is 0.431. The summed E-state index contributed by atoms with van der Waals surface area (Å²) >= 11 is 0. The zero-order valence-corrected chi connectivity index (χ0v) is 19.8. The van der Waals surface area contributed by atoms with Crippen molar-refractivity contribution >= 4 is 15.9 Å². The topological polar surface area (TPSA) is 105 Å². The molecule has 0 unspecified atom stereocenters. The first-order valence-electron chi connectivity index (χ1n) is 11.1. The van der Waals surface area contributed by atoms with Gasteiger partial charge in [-0.15, -0.1) is 0 Å². The number of sulfonamides is 1. The monoisotopic (exact) mass is 468 g/mol.